The van der Waals surface area contributed by atoms with Crippen molar-refractivity contribution in [1.82, 2.24) is 5.32 Å². The largest absolute Gasteiger partial charge is 0.366 e. The molecule has 4 heteroatoms. The van der Waals surface area contributed by atoms with Crippen LogP contribution < -0.4 is 16.8 Å². The van der Waals surface area contributed by atoms with Crippen molar-refractivity contribution in [1.29, 1.82) is 0 Å². The number of nitrogens with two attached hydrogens (primary N) is 2. The summed E-state index contributed by atoms with van der Waals surface area (Å²) >= 11 is 0. The van der Waals surface area contributed by atoms with Gasteiger partial charge in [0.2, 0.25) is 5.91 Å². The number of benzene rings is 1. The Kier molecular flexibility index (Phi) is 4.93. The molecule has 1 aromatic carbocycles. The fraction of sp³-hybridized carbons (Fsp3) is 0.533. The first-order valence-corrected chi connectivity index (χ1v) is 7.00. The van der Waals surface area contributed by atoms with E-state index in [4.69, 9.17) is 11.5 Å². The van der Waals surface area contributed by atoms with Crippen LogP contribution >= 0.6 is 0 Å². The minimum absolute atomic E-state index is 0.372. The van der Waals surface area contributed by atoms with Crippen molar-refractivity contribution in [3.8, 4) is 0 Å². The maximum atomic E-state index is 11.1. The smallest absolute Gasteiger partial charge is 0.248 e. The van der Waals surface area contributed by atoms with E-state index in [-0.39, 0.29) is 5.91 Å². The molecule has 0 radical (unpaired) electrons. The zero-order valence-electron chi connectivity index (χ0n) is 11.3. The van der Waals surface area contributed by atoms with Crippen LogP contribution in [-0.4, -0.2) is 18.5 Å². The molecule has 1 aliphatic carbocycles. The van der Waals surface area contributed by atoms with E-state index in [1.165, 1.54) is 12.8 Å². The third-order valence-corrected chi connectivity index (χ3v) is 3.87. The van der Waals surface area contributed by atoms with Crippen molar-refractivity contribution in [2.24, 2.45) is 17.4 Å². The molecule has 4 nitrogen and oxygen atoms in total. The number of primary amides is 1. The van der Waals surface area contributed by atoms with E-state index < -0.39 is 0 Å². The van der Waals surface area contributed by atoms with Crippen LogP contribution in [0.3, 0.4) is 0 Å². The Balaban J connectivity index is 1.76. The van der Waals surface area contributed by atoms with Gasteiger partial charge in [-0.3, -0.25) is 4.79 Å². The molecule has 1 aliphatic rings. The summed E-state index contributed by atoms with van der Waals surface area (Å²) in [7, 11) is 0. The van der Waals surface area contributed by atoms with Gasteiger partial charge >= 0.3 is 0 Å². The summed E-state index contributed by atoms with van der Waals surface area (Å²) in [5, 5.41) is 3.46. The van der Waals surface area contributed by atoms with E-state index in [0.29, 0.717) is 11.6 Å². The maximum Gasteiger partial charge on any atom is 0.248 e. The van der Waals surface area contributed by atoms with Gasteiger partial charge in [-0.05, 0) is 55.8 Å². The Morgan fingerprint density at radius 3 is 2.68 bits per heavy atom. The summed E-state index contributed by atoms with van der Waals surface area (Å²) in [6, 6.07) is 7.89. The third kappa shape index (κ3) is 4.33. The van der Waals surface area contributed by atoms with Crippen LogP contribution in [0.5, 0.6) is 0 Å². The predicted octanol–water partition coefficient (Wildman–Crippen LogP) is 1.39. The van der Waals surface area contributed by atoms with Crippen molar-refractivity contribution in [3.05, 3.63) is 35.4 Å². The minimum atomic E-state index is -0.372. The molecule has 0 saturated heterocycles. The van der Waals surface area contributed by atoms with Crippen LogP contribution in [-0.2, 0) is 6.54 Å². The van der Waals surface area contributed by atoms with E-state index >= 15 is 0 Å². The first kappa shape index (κ1) is 14.0. The van der Waals surface area contributed by atoms with Crippen molar-refractivity contribution in [2.75, 3.05) is 6.54 Å². The first-order valence-electron chi connectivity index (χ1n) is 7.00. The molecule has 0 spiro atoms. The lowest BCUT2D eigenvalue weighted by Gasteiger charge is -2.26. The normalized spacial score (nSPS) is 23.2. The number of carbonyl (C=O) groups is 1. The summed E-state index contributed by atoms with van der Waals surface area (Å²) in [5.74, 6) is 0.363. The van der Waals surface area contributed by atoms with Gasteiger partial charge in [0.05, 0.1) is 0 Å². The van der Waals surface area contributed by atoms with Gasteiger partial charge in [-0.25, -0.2) is 0 Å². The molecule has 104 valence electrons. The maximum absolute atomic E-state index is 11.1. The van der Waals surface area contributed by atoms with Crippen LogP contribution in [0.1, 0.15) is 41.6 Å². The molecule has 1 fully saturated rings. The molecular formula is C15H23N3O. The van der Waals surface area contributed by atoms with Gasteiger partial charge in [-0.1, -0.05) is 12.1 Å². The fourth-order valence-electron chi connectivity index (χ4n) is 2.65. The lowest BCUT2D eigenvalue weighted by Crippen LogP contribution is -2.31. The van der Waals surface area contributed by atoms with Crippen molar-refractivity contribution in [3.63, 3.8) is 0 Å². The zero-order valence-corrected chi connectivity index (χ0v) is 11.3. The molecule has 0 aliphatic heterocycles. The zero-order chi connectivity index (χ0) is 13.7. The third-order valence-electron chi connectivity index (χ3n) is 3.87. The predicted molar refractivity (Wildman–Crippen MR) is 76.6 cm³/mol. The molecule has 1 aromatic rings. The van der Waals surface area contributed by atoms with Gasteiger partial charge in [0.1, 0.15) is 0 Å². The van der Waals surface area contributed by atoms with Gasteiger partial charge in [0.15, 0.2) is 0 Å². The van der Waals surface area contributed by atoms with Crippen molar-refractivity contribution in [2.45, 2.75) is 38.3 Å². The molecule has 1 saturated carbocycles. The van der Waals surface area contributed by atoms with Gasteiger partial charge in [0.25, 0.3) is 0 Å². The lowest BCUT2D eigenvalue weighted by atomic mass is 9.86. The van der Waals surface area contributed by atoms with Crippen LogP contribution in [0.25, 0.3) is 0 Å². The van der Waals surface area contributed by atoms with E-state index in [9.17, 15) is 4.79 Å². The summed E-state index contributed by atoms with van der Waals surface area (Å²) in [5.41, 5.74) is 12.8. The number of carbonyl (C=O) groups excluding carboxylic acids is 1. The molecule has 0 bridgehead atoms. The van der Waals surface area contributed by atoms with Crippen molar-refractivity contribution >= 4 is 5.91 Å². The Bertz CT molecular complexity index is 425. The van der Waals surface area contributed by atoms with Gasteiger partial charge in [-0.15, -0.1) is 0 Å². The topological polar surface area (TPSA) is 81.1 Å². The summed E-state index contributed by atoms with van der Waals surface area (Å²) in [4.78, 5) is 11.1. The standard InChI is InChI=1S/C15H23N3O/c16-14-6-4-11(5-7-14)9-18-10-12-2-1-3-13(8-12)15(17)19/h1-3,8,11,14,18H,4-7,9-10,16H2,(H2,17,19). The monoisotopic (exact) mass is 261 g/mol. The highest BCUT2D eigenvalue weighted by atomic mass is 16.1. The number of nitrogens with one attached hydrogen (secondary N) is 1. The second-order valence-corrected chi connectivity index (χ2v) is 5.48. The average molecular weight is 261 g/mol. The number of hydrogen-bond acceptors (Lipinski definition) is 3. The van der Waals surface area contributed by atoms with Crippen LogP contribution in [0, 0.1) is 5.92 Å². The van der Waals surface area contributed by atoms with Crippen molar-refractivity contribution < 1.29 is 4.79 Å². The summed E-state index contributed by atoms with van der Waals surface area (Å²) < 4.78 is 0. The minimum Gasteiger partial charge on any atom is -0.366 e. The van der Waals surface area contributed by atoms with Crippen LogP contribution in [0.15, 0.2) is 24.3 Å². The van der Waals surface area contributed by atoms with Gasteiger partial charge in [0, 0.05) is 18.2 Å². The molecule has 2 rings (SSSR count). The second-order valence-electron chi connectivity index (χ2n) is 5.48. The lowest BCUT2D eigenvalue weighted by molar-refractivity contribution is 0.1000. The van der Waals surface area contributed by atoms with Gasteiger partial charge in [-0.2, -0.15) is 0 Å². The Morgan fingerprint density at radius 2 is 2.00 bits per heavy atom. The Labute approximate surface area is 114 Å². The molecule has 0 heterocycles. The Morgan fingerprint density at radius 1 is 1.26 bits per heavy atom. The SMILES string of the molecule is NC(=O)c1cccc(CNCC2CCC(N)CC2)c1. The molecule has 5 N–H and O–H groups in total. The summed E-state index contributed by atoms with van der Waals surface area (Å²) in [6.45, 7) is 1.80. The Hall–Kier alpha value is -1.39. The molecule has 19 heavy (non-hydrogen) atoms. The van der Waals surface area contributed by atoms with Crippen LogP contribution in [0.2, 0.25) is 0 Å². The first-order chi connectivity index (χ1) is 9.15. The van der Waals surface area contributed by atoms with E-state index in [1.807, 2.05) is 18.2 Å². The molecule has 0 aromatic heterocycles. The number of rotatable bonds is 5. The number of hydrogen-bond donors (Lipinski definition) is 3. The van der Waals surface area contributed by atoms with Gasteiger partial charge < -0.3 is 16.8 Å². The molecule has 0 atom stereocenters. The number of amides is 1. The average Bonchev–Trinajstić information content (AvgIpc) is 2.41. The highest BCUT2D eigenvalue weighted by molar-refractivity contribution is 5.92. The fourth-order valence-corrected chi connectivity index (χ4v) is 2.65. The highest BCUT2D eigenvalue weighted by Gasteiger charge is 2.17. The second kappa shape index (κ2) is 6.68. The van der Waals surface area contributed by atoms with Crippen LogP contribution in [0.4, 0.5) is 0 Å². The molecular weight excluding hydrogens is 238 g/mol. The van der Waals surface area contributed by atoms with E-state index in [0.717, 1.165) is 37.4 Å². The summed E-state index contributed by atoms with van der Waals surface area (Å²) in [6.07, 6.45) is 4.72. The highest BCUT2D eigenvalue weighted by Crippen LogP contribution is 2.22. The molecule has 1 amide bonds. The molecule has 0 unspecified atom stereocenters. The van der Waals surface area contributed by atoms with E-state index in [1.54, 1.807) is 6.07 Å². The van der Waals surface area contributed by atoms with E-state index in [2.05, 4.69) is 5.32 Å². The quantitative estimate of drug-likeness (QED) is 0.749.